The van der Waals surface area contributed by atoms with E-state index in [-0.39, 0.29) is 31.6 Å². The Hall–Kier alpha value is -4.08. The van der Waals surface area contributed by atoms with Gasteiger partial charge in [-0.25, -0.2) is 14.4 Å². The van der Waals surface area contributed by atoms with Crippen LogP contribution in [0.15, 0.2) is 54.6 Å². The zero-order chi connectivity index (χ0) is 23.5. The second-order valence-electron chi connectivity index (χ2n) is 6.96. The maximum Gasteiger partial charge on any atom is 0.408 e. The molecule has 2 rings (SSSR count). The molecule has 170 valence electrons. The maximum absolute atomic E-state index is 12.2. The molecule has 10 nitrogen and oxygen atoms in total. The average Bonchev–Trinajstić information content (AvgIpc) is 2.76. The third-order valence-corrected chi connectivity index (χ3v) is 4.47. The van der Waals surface area contributed by atoms with Crippen molar-refractivity contribution < 1.29 is 39.2 Å². The Balaban J connectivity index is 1.83. The van der Waals surface area contributed by atoms with Crippen LogP contribution in [0.25, 0.3) is 0 Å². The molecule has 0 aliphatic carbocycles. The lowest BCUT2D eigenvalue weighted by Gasteiger charge is -2.17. The minimum Gasteiger partial charge on any atom is -0.508 e. The summed E-state index contributed by atoms with van der Waals surface area (Å²) in [6, 6.07) is 12.0. The summed E-state index contributed by atoms with van der Waals surface area (Å²) < 4.78 is 4.98. The number of phenols is 1. The van der Waals surface area contributed by atoms with Crippen molar-refractivity contribution in [2.24, 2.45) is 0 Å². The second kappa shape index (κ2) is 11.9. The first kappa shape index (κ1) is 24.2. The number of nitrogens with one attached hydrogen (secondary N) is 2. The van der Waals surface area contributed by atoms with Crippen LogP contribution in [0, 0.1) is 0 Å². The molecule has 2 amide bonds. The van der Waals surface area contributed by atoms with Crippen LogP contribution in [-0.4, -0.2) is 51.3 Å². The molecule has 0 spiro atoms. The van der Waals surface area contributed by atoms with Crippen LogP contribution in [0.5, 0.6) is 5.75 Å². The normalized spacial score (nSPS) is 12.2. The number of benzene rings is 2. The fourth-order valence-corrected chi connectivity index (χ4v) is 2.77. The van der Waals surface area contributed by atoms with Gasteiger partial charge in [0.05, 0.1) is 0 Å². The van der Waals surface area contributed by atoms with Crippen molar-refractivity contribution in [3.63, 3.8) is 0 Å². The number of hydrogen-bond acceptors (Lipinski definition) is 6. The van der Waals surface area contributed by atoms with E-state index in [4.69, 9.17) is 4.74 Å². The Morgan fingerprint density at radius 3 is 2.03 bits per heavy atom. The zero-order valence-electron chi connectivity index (χ0n) is 17.1. The number of aromatic hydroxyl groups is 1. The predicted molar refractivity (Wildman–Crippen MR) is 112 cm³/mol. The van der Waals surface area contributed by atoms with Gasteiger partial charge >= 0.3 is 18.0 Å². The van der Waals surface area contributed by atoms with Gasteiger partial charge < -0.3 is 30.7 Å². The predicted octanol–water partition coefficient (Wildman–Crippen LogP) is 1.66. The topological polar surface area (TPSA) is 162 Å². The van der Waals surface area contributed by atoms with Crippen LogP contribution in [-0.2, 0) is 32.1 Å². The smallest absolute Gasteiger partial charge is 0.408 e. The number of phenolic OH excluding ortho intramolecular Hbond substituents is 1. The SMILES string of the molecule is O=C(CC[C@H](NC(=O)OCc1ccccc1)C(=O)O)N[C@@H](Cc1ccc(O)cc1)C(=O)O. The lowest BCUT2D eigenvalue weighted by Crippen LogP contribution is -2.44. The quantitative estimate of drug-likeness (QED) is 0.349. The summed E-state index contributed by atoms with van der Waals surface area (Å²) in [5.41, 5.74) is 1.31. The molecule has 0 aliphatic rings. The Morgan fingerprint density at radius 1 is 0.812 bits per heavy atom. The summed E-state index contributed by atoms with van der Waals surface area (Å²) >= 11 is 0. The Morgan fingerprint density at radius 2 is 1.44 bits per heavy atom. The highest BCUT2D eigenvalue weighted by atomic mass is 16.5. The number of carboxylic acids is 2. The van der Waals surface area contributed by atoms with Gasteiger partial charge in [-0.05, 0) is 29.7 Å². The highest BCUT2D eigenvalue weighted by molar-refractivity contribution is 5.85. The molecule has 0 bridgehead atoms. The average molecular weight is 444 g/mol. The van der Waals surface area contributed by atoms with Gasteiger partial charge in [0.25, 0.3) is 0 Å². The Labute approximate surface area is 183 Å². The van der Waals surface area contributed by atoms with E-state index < -0.39 is 36.0 Å². The fraction of sp³-hybridized carbons (Fsp3) is 0.273. The first-order chi connectivity index (χ1) is 15.2. The molecule has 0 heterocycles. The zero-order valence-corrected chi connectivity index (χ0v) is 17.1. The summed E-state index contributed by atoms with van der Waals surface area (Å²) in [4.78, 5) is 46.9. The van der Waals surface area contributed by atoms with E-state index in [0.717, 1.165) is 5.56 Å². The summed E-state index contributed by atoms with van der Waals surface area (Å²) in [5, 5.41) is 32.4. The molecule has 2 aromatic carbocycles. The van der Waals surface area contributed by atoms with Crippen molar-refractivity contribution in [2.75, 3.05) is 0 Å². The van der Waals surface area contributed by atoms with Gasteiger partial charge in [0.1, 0.15) is 24.4 Å². The van der Waals surface area contributed by atoms with Crippen molar-refractivity contribution in [3.8, 4) is 5.75 Å². The van der Waals surface area contributed by atoms with Gasteiger partial charge in [-0.15, -0.1) is 0 Å². The van der Waals surface area contributed by atoms with Gasteiger partial charge in [0, 0.05) is 12.8 Å². The number of carbonyl (C=O) groups is 4. The van der Waals surface area contributed by atoms with Crippen LogP contribution < -0.4 is 10.6 Å². The third-order valence-electron chi connectivity index (χ3n) is 4.47. The molecule has 0 aromatic heterocycles. The summed E-state index contributed by atoms with van der Waals surface area (Å²) in [6.45, 7) is -0.0446. The van der Waals surface area contributed by atoms with Crippen LogP contribution in [0.2, 0.25) is 0 Å². The van der Waals surface area contributed by atoms with Crippen molar-refractivity contribution in [1.29, 1.82) is 0 Å². The van der Waals surface area contributed by atoms with Crippen molar-refractivity contribution in [1.82, 2.24) is 10.6 Å². The van der Waals surface area contributed by atoms with Gasteiger partial charge in [0.15, 0.2) is 0 Å². The molecular weight excluding hydrogens is 420 g/mol. The van der Waals surface area contributed by atoms with Crippen LogP contribution in [0.1, 0.15) is 24.0 Å². The summed E-state index contributed by atoms with van der Waals surface area (Å²) in [5.74, 6) is -3.27. The van der Waals surface area contributed by atoms with E-state index in [1.54, 1.807) is 30.3 Å². The van der Waals surface area contributed by atoms with E-state index in [1.165, 1.54) is 24.3 Å². The molecular formula is C22H24N2O8. The Kier molecular flexibility index (Phi) is 9.03. The number of aliphatic carboxylic acids is 2. The molecule has 0 saturated carbocycles. The highest BCUT2D eigenvalue weighted by Crippen LogP contribution is 2.12. The minimum absolute atomic E-state index is 0.0201. The number of rotatable bonds is 11. The van der Waals surface area contributed by atoms with Gasteiger partial charge in [0.2, 0.25) is 5.91 Å². The Bertz CT molecular complexity index is 931. The van der Waals surface area contributed by atoms with Gasteiger partial charge in [-0.3, -0.25) is 4.79 Å². The molecule has 32 heavy (non-hydrogen) atoms. The van der Waals surface area contributed by atoms with Crippen LogP contribution in [0.4, 0.5) is 4.79 Å². The molecule has 0 unspecified atom stereocenters. The number of ether oxygens (including phenoxy) is 1. The standard InChI is InChI=1S/C22H24N2O8/c25-16-8-6-14(7-9-16)12-18(21(29)30)23-19(26)11-10-17(20(27)28)24-22(31)32-13-15-4-2-1-3-5-15/h1-9,17-18,25H,10-13H2,(H,23,26)(H,24,31)(H,27,28)(H,29,30)/t17-,18-/m0/s1. The molecule has 0 fully saturated rings. The minimum atomic E-state index is -1.38. The molecule has 0 radical (unpaired) electrons. The van der Waals surface area contributed by atoms with Crippen LogP contribution in [0.3, 0.4) is 0 Å². The van der Waals surface area contributed by atoms with E-state index >= 15 is 0 Å². The lowest BCUT2D eigenvalue weighted by atomic mass is 10.1. The largest absolute Gasteiger partial charge is 0.508 e. The first-order valence-corrected chi connectivity index (χ1v) is 9.74. The van der Waals surface area contributed by atoms with E-state index in [1.807, 2.05) is 0 Å². The van der Waals surface area contributed by atoms with Gasteiger partial charge in [-0.2, -0.15) is 0 Å². The number of amides is 2. The molecule has 0 saturated heterocycles. The number of hydrogen-bond donors (Lipinski definition) is 5. The number of carboxylic acid groups (broad SMARTS) is 2. The van der Waals surface area contributed by atoms with Gasteiger partial charge in [-0.1, -0.05) is 42.5 Å². The summed E-state index contributed by atoms with van der Waals surface area (Å²) in [7, 11) is 0. The summed E-state index contributed by atoms with van der Waals surface area (Å²) in [6.07, 6.45) is -1.55. The van der Waals surface area contributed by atoms with Crippen molar-refractivity contribution in [3.05, 3.63) is 65.7 Å². The van der Waals surface area contributed by atoms with E-state index in [9.17, 15) is 34.5 Å². The molecule has 10 heteroatoms. The van der Waals surface area contributed by atoms with E-state index in [0.29, 0.717) is 5.56 Å². The van der Waals surface area contributed by atoms with E-state index in [2.05, 4.69) is 10.6 Å². The molecule has 0 aliphatic heterocycles. The molecule has 2 aromatic rings. The fourth-order valence-electron chi connectivity index (χ4n) is 2.77. The highest BCUT2D eigenvalue weighted by Gasteiger charge is 2.24. The third kappa shape index (κ3) is 8.34. The lowest BCUT2D eigenvalue weighted by molar-refractivity contribution is -0.142. The van der Waals surface area contributed by atoms with Crippen molar-refractivity contribution >= 4 is 23.9 Å². The van der Waals surface area contributed by atoms with Crippen LogP contribution >= 0.6 is 0 Å². The van der Waals surface area contributed by atoms with Crippen molar-refractivity contribution in [2.45, 2.75) is 38.0 Å². The number of alkyl carbamates (subject to hydrolysis) is 1. The first-order valence-electron chi connectivity index (χ1n) is 9.74. The molecule has 5 N–H and O–H groups in total. The second-order valence-corrected chi connectivity index (χ2v) is 6.96. The maximum atomic E-state index is 12.2. The molecule has 2 atom stereocenters. The monoisotopic (exact) mass is 444 g/mol. The number of carbonyl (C=O) groups excluding carboxylic acids is 2.